The molecule has 0 radical (unpaired) electrons. The summed E-state index contributed by atoms with van der Waals surface area (Å²) < 4.78 is 0. The van der Waals surface area contributed by atoms with Gasteiger partial charge in [-0.15, -0.1) is 0 Å². The second-order valence-electron chi connectivity index (χ2n) is 3.94. The zero-order chi connectivity index (χ0) is 9.14. The minimum absolute atomic E-state index is 0.177. The van der Waals surface area contributed by atoms with Crippen molar-refractivity contribution in [3.05, 3.63) is 0 Å². The topological polar surface area (TPSA) is 35.5 Å². The van der Waals surface area contributed by atoms with Gasteiger partial charge in [-0.25, -0.2) is 0 Å². The molecule has 0 aromatic rings. The van der Waals surface area contributed by atoms with Gasteiger partial charge in [-0.05, 0) is 33.4 Å². The summed E-state index contributed by atoms with van der Waals surface area (Å²) in [5, 5.41) is 12.7. The molecule has 3 nitrogen and oxygen atoms in total. The van der Waals surface area contributed by atoms with Crippen molar-refractivity contribution in [3.63, 3.8) is 0 Å². The van der Waals surface area contributed by atoms with Crippen LogP contribution in [0.5, 0.6) is 0 Å². The van der Waals surface area contributed by atoms with E-state index in [1.165, 1.54) is 0 Å². The maximum Gasteiger partial charge on any atom is 0.0553 e. The number of hydrogen-bond acceptors (Lipinski definition) is 3. The van der Waals surface area contributed by atoms with E-state index in [1.807, 2.05) is 14.0 Å². The van der Waals surface area contributed by atoms with Crippen LogP contribution in [0.4, 0.5) is 0 Å². The van der Waals surface area contributed by atoms with Gasteiger partial charge in [0.1, 0.15) is 0 Å². The number of aliphatic hydroxyl groups excluding tert-OH is 1. The van der Waals surface area contributed by atoms with Crippen LogP contribution in [0.3, 0.4) is 0 Å². The highest BCUT2D eigenvalue weighted by Crippen LogP contribution is 2.18. The Bertz CT molecular complexity index is 138. The Morgan fingerprint density at radius 3 is 2.67 bits per heavy atom. The van der Waals surface area contributed by atoms with Gasteiger partial charge in [0.05, 0.1) is 6.10 Å². The summed E-state index contributed by atoms with van der Waals surface area (Å²) >= 11 is 0. The van der Waals surface area contributed by atoms with E-state index in [2.05, 4.69) is 17.3 Å². The van der Waals surface area contributed by atoms with Crippen molar-refractivity contribution in [2.75, 3.05) is 27.2 Å². The van der Waals surface area contributed by atoms with Gasteiger partial charge in [0.2, 0.25) is 0 Å². The molecule has 3 heteroatoms. The molecule has 0 bridgehead atoms. The van der Waals surface area contributed by atoms with E-state index in [4.69, 9.17) is 0 Å². The fourth-order valence-electron chi connectivity index (χ4n) is 1.92. The number of nitrogens with one attached hydrogen (secondary N) is 1. The van der Waals surface area contributed by atoms with Crippen molar-refractivity contribution in [3.8, 4) is 0 Å². The number of likely N-dealkylation sites (N-methyl/N-ethyl adjacent to an activating group) is 2. The quantitative estimate of drug-likeness (QED) is 0.611. The average Bonchev–Trinajstić information content (AvgIpc) is 2.03. The van der Waals surface area contributed by atoms with Gasteiger partial charge in [-0.1, -0.05) is 0 Å². The summed E-state index contributed by atoms with van der Waals surface area (Å²) in [5.74, 6) is 0.432. The highest BCUT2D eigenvalue weighted by atomic mass is 16.3. The van der Waals surface area contributed by atoms with Crippen LogP contribution in [0.15, 0.2) is 0 Å². The van der Waals surface area contributed by atoms with E-state index < -0.39 is 0 Å². The maximum absolute atomic E-state index is 9.45. The molecular weight excluding hydrogens is 152 g/mol. The Morgan fingerprint density at radius 2 is 2.17 bits per heavy atom. The summed E-state index contributed by atoms with van der Waals surface area (Å²) in [5.41, 5.74) is 0. The highest BCUT2D eigenvalue weighted by Gasteiger charge is 2.26. The van der Waals surface area contributed by atoms with Gasteiger partial charge in [0.25, 0.3) is 0 Å². The zero-order valence-electron chi connectivity index (χ0n) is 8.25. The van der Waals surface area contributed by atoms with E-state index in [-0.39, 0.29) is 6.10 Å². The lowest BCUT2D eigenvalue weighted by Gasteiger charge is -2.36. The Balaban J connectivity index is 2.45. The summed E-state index contributed by atoms with van der Waals surface area (Å²) in [6.07, 6.45) is 0.919. The molecular formula is C9H20N2O. The van der Waals surface area contributed by atoms with Crippen LogP contribution < -0.4 is 5.32 Å². The third kappa shape index (κ3) is 2.44. The number of aliphatic hydroxyl groups is 1. The van der Waals surface area contributed by atoms with E-state index in [0.717, 1.165) is 19.5 Å². The molecule has 1 heterocycles. The summed E-state index contributed by atoms with van der Waals surface area (Å²) in [7, 11) is 4.10. The molecule has 0 aliphatic carbocycles. The number of nitrogens with zero attached hydrogens (tertiary/aromatic N) is 1. The summed E-state index contributed by atoms with van der Waals surface area (Å²) in [6.45, 7) is 4.01. The van der Waals surface area contributed by atoms with E-state index in [1.54, 1.807) is 0 Å². The lowest BCUT2D eigenvalue weighted by molar-refractivity contribution is 0.0598. The van der Waals surface area contributed by atoms with Crippen molar-refractivity contribution in [2.45, 2.75) is 25.5 Å². The molecule has 0 saturated carbocycles. The number of hydrogen-bond donors (Lipinski definition) is 2. The summed E-state index contributed by atoms with van der Waals surface area (Å²) in [6, 6.07) is 0.545. The van der Waals surface area contributed by atoms with Crippen molar-refractivity contribution < 1.29 is 5.11 Å². The monoisotopic (exact) mass is 172 g/mol. The first-order valence-electron chi connectivity index (χ1n) is 4.67. The molecule has 2 N–H and O–H groups in total. The Hall–Kier alpha value is -0.120. The lowest BCUT2D eigenvalue weighted by Crippen LogP contribution is -2.48. The first kappa shape index (κ1) is 9.96. The normalized spacial score (nSPS) is 35.0. The molecule has 3 atom stereocenters. The first-order valence-corrected chi connectivity index (χ1v) is 4.67. The van der Waals surface area contributed by atoms with Crippen LogP contribution in [0.25, 0.3) is 0 Å². The molecule has 3 unspecified atom stereocenters. The molecule has 72 valence electrons. The maximum atomic E-state index is 9.45. The van der Waals surface area contributed by atoms with Crippen LogP contribution in [0.1, 0.15) is 13.3 Å². The number of rotatable bonds is 2. The van der Waals surface area contributed by atoms with Crippen molar-refractivity contribution >= 4 is 0 Å². The number of piperidine rings is 1. The SMILES string of the molecule is CNC1CC(C(C)O)CN(C)C1. The van der Waals surface area contributed by atoms with Crippen molar-refractivity contribution in [2.24, 2.45) is 5.92 Å². The average molecular weight is 172 g/mol. The Morgan fingerprint density at radius 1 is 1.50 bits per heavy atom. The van der Waals surface area contributed by atoms with Gasteiger partial charge in [0.15, 0.2) is 0 Å². The molecule has 1 aliphatic heterocycles. The standard InChI is InChI=1S/C9H20N2O/c1-7(12)8-4-9(10-2)6-11(3)5-8/h7-10,12H,4-6H2,1-3H3. The van der Waals surface area contributed by atoms with Crippen LogP contribution >= 0.6 is 0 Å². The van der Waals surface area contributed by atoms with Gasteiger partial charge < -0.3 is 15.3 Å². The van der Waals surface area contributed by atoms with Crippen LogP contribution in [0.2, 0.25) is 0 Å². The smallest absolute Gasteiger partial charge is 0.0553 e. The van der Waals surface area contributed by atoms with Crippen LogP contribution in [-0.2, 0) is 0 Å². The predicted octanol–water partition coefficient (Wildman–Crippen LogP) is -0.0931. The fraction of sp³-hybridized carbons (Fsp3) is 1.00. The van der Waals surface area contributed by atoms with E-state index >= 15 is 0 Å². The van der Waals surface area contributed by atoms with E-state index in [0.29, 0.717) is 12.0 Å². The molecule has 1 aliphatic rings. The molecule has 12 heavy (non-hydrogen) atoms. The highest BCUT2D eigenvalue weighted by molar-refractivity contribution is 4.83. The molecule has 0 spiro atoms. The molecule has 0 amide bonds. The van der Waals surface area contributed by atoms with Gasteiger partial charge in [-0.2, -0.15) is 0 Å². The molecule has 1 saturated heterocycles. The molecule has 1 rings (SSSR count). The fourth-order valence-corrected chi connectivity index (χ4v) is 1.92. The largest absolute Gasteiger partial charge is 0.393 e. The Kier molecular flexibility index (Phi) is 3.50. The second kappa shape index (κ2) is 4.21. The van der Waals surface area contributed by atoms with Gasteiger partial charge in [-0.3, -0.25) is 0 Å². The molecule has 0 aromatic carbocycles. The minimum Gasteiger partial charge on any atom is -0.393 e. The summed E-state index contributed by atoms with van der Waals surface area (Å²) in [4.78, 5) is 2.28. The zero-order valence-corrected chi connectivity index (χ0v) is 8.25. The van der Waals surface area contributed by atoms with E-state index in [9.17, 15) is 5.11 Å². The first-order chi connectivity index (χ1) is 5.63. The third-order valence-electron chi connectivity index (χ3n) is 2.76. The minimum atomic E-state index is -0.177. The van der Waals surface area contributed by atoms with Gasteiger partial charge >= 0.3 is 0 Å². The molecule has 1 fully saturated rings. The second-order valence-corrected chi connectivity index (χ2v) is 3.94. The Labute approximate surface area is 74.8 Å². The molecule has 0 aromatic heterocycles. The third-order valence-corrected chi connectivity index (χ3v) is 2.76. The predicted molar refractivity (Wildman–Crippen MR) is 50.1 cm³/mol. The lowest BCUT2D eigenvalue weighted by atomic mass is 9.91. The van der Waals surface area contributed by atoms with Crippen LogP contribution in [0, 0.1) is 5.92 Å². The van der Waals surface area contributed by atoms with Crippen molar-refractivity contribution in [1.82, 2.24) is 10.2 Å². The van der Waals surface area contributed by atoms with Gasteiger partial charge in [0, 0.05) is 19.1 Å². The number of likely N-dealkylation sites (tertiary alicyclic amines) is 1. The van der Waals surface area contributed by atoms with Crippen molar-refractivity contribution in [1.29, 1.82) is 0 Å². The van der Waals surface area contributed by atoms with Crippen LogP contribution in [-0.4, -0.2) is 49.3 Å².